The van der Waals surface area contributed by atoms with E-state index in [0.29, 0.717) is 22.4 Å². The van der Waals surface area contributed by atoms with Crippen LogP contribution in [-0.2, 0) is 11.2 Å². The zero-order valence-corrected chi connectivity index (χ0v) is 15.5. The Hall–Kier alpha value is -2.54. The Kier molecular flexibility index (Phi) is 6.82. The molecule has 0 heterocycles. The van der Waals surface area contributed by atoms with E-state index < -0.39 is 0 Å². The molecule has 2 rings (SSSR count). The van der Waals surface area contributed by atoms with E-state index in [1.807, 2.05) is 19.1 Å². The standard InChI is InChI=1S/C18H19BrN2O4/c1-3-25-16-9-13(8-15(19)18(16)23)11-20-21-17(22)10-12-4-6-14(24-2)7-5-12/h4-9,11,23H,3,10H2,1-2H3,(H,21,22). The maximum absolute atomic E-state index is 11.9. The molecule has 132 valence electrons. The molecule has 25 heavy (non-hydrogen) atoms. The first-order valence-corrected chi connectivity index (χ1v) is 8.43. The predicted molar refractivity (Wildman–Crippen MR) is 99.4 cm³/mol. The van der Waals surface area contributed by atoms with Gasteiger partial charge in [0.1, 0.15) is 5.75 Å². The number of hydrazone groups is 1. The average Bonchev–Trinajstić information content (AvgIpc) is 2.60. The van der Waals surface area contributed by atoms with Crippen LogP contribution >= 0.6 is 15.9 Å². The molecule has 0 radical (unpaired) electrons. The van der Waals surface area contributed by atoms with Crippen LogP contribution < -0.4 is 14.9 Å². The molecule has 0 unspecified atom stereocenters. The van der Waals surface area contributed by atoms with Crippen molar-refractivity contribution in [2.75, 3.05) is 13.7 Å². The molecule has 0 bridgehead atoms. The highest BCUT2D eigenvalue weighted by Gasteiger charge is 2.08. The number of ether oxygens (including phenoxy) is 2. The predicted octanol–water partition coefficient (Wildman–Crippen LogP) is 3.25. The molecule has 0 saturated carbocycles. The van der Waals surface area contributed by atoms with Gasteiger partial charge in [-0.25, -0.2) is 5.43 Å². The molecule has 1 amide bonds. The third-order valence-electron chi connectivity index (χ3n) is 3.28. The molecule has 7 heteroatoms. The van der Waals surface area contributed by atoms with E-state index >= 15 is 0 Å². The van der Waals surface area contributed by atoms with Crippen LogP contribution in [0.25, 0.3) is 0 Å². The van der Waals surface area contributed by atoms with Crippen molar-refractivity contribution in [3.05, 3.63) is 52.0 Å². The molecular formula is C18H19BrN2O4. The summed E-state index contributed by atoms with van der Waals surface area (Å²) in [7, 11) is 1.59. The second-order valence-electron chi connectivity index (χ2n) is 5.10. The molecule has 0 aliphatic carbocycles. The number of hydrogen-bond acceptors (Lipinski definition) is 5. The molecule has 2 aromatic rings. The van der Waals surface area contributed by atoms with Gasteiger partial charge in [0.05, 0.1) is 30.8 Å². The van der Waals surface area contributed by atoms with Crippen molar-refractivity contribution in [2.24, 2.45) is 5.10 Å². The van der Waals surface area contributed by atoms with Crippen LogP contribution in [0.3, 0.4) is 0 Å². The number of rotatable bonds is 7. The second-order valence-corrected chi connectivity index (χ2v) is 5.95. The van der Waals surface area contributed by atoms with Crippen LogP contribution in [0.5, 0.6) is 17.2 Å². The molecule has 0 saturated heterocycles. The number of phenols is 1. The number of hydrogen-bond donors (Lipinski definition) is 2. The number of nitrogens with zero attached hydrogens (tertiary/aromatic N) is 1. The molecule has 6 nitrogen and oxygen atoms in total. The van der Waals surface area contributed by atoms with E-state index in [1.54, 1.807) is 31.4 Å². The van der Waals surface area contributed by atoms with Crippen molar-refractivity contribution in [1.82, 2.24) is 5.43 Å². The maximum atomic E-state index is 11.9. The van der Waals surface area contributed by atoms with Gasteiger partial charge in [-0.2, -0.15) is 5.10 Å². The SMILES string of the molecule is CCOc1cc(C=NNC(=O)Cc2ccc(OC)cc2)cc(Br)c1O. The molecule has 0 aliphatic rings. The highest BCUT2D eigenvalue weighted by molar-refractivity contribution is 9.10. The minimum absolute atomic E-state index is 0.0301. The number of halogens is 1. The molecule has 2 N–H and O–H groups in total. The third-order valence-corrected chi connectivity index (χ3v) is 3.88. The van der Waals surface area contributed by atoms with Crippen LogP contribution in [0.4, 0.5) is 0 Å². The zero-order chi connectivity index (χ0) is 18.2. The number of carbonyl (C=O) groups is 1. The van der Waals surface area contributed by atoms with E-state index in [4.69, 9.17) is 9.47 Å². The number of aromatic hydroxyl groups is 1. The summed E-state index contributed by atoms with van der Waals surface area (Å²) in [6.07, 6.45) is 1.70. The fraction of sp³-hybridized carbons (Fsp3) is 0.222. The van der Waals surface area contributed by atoms with Crippen molar-refractivity contribution in [1.29, 1.82) is 0 Å². The fourth-order valence-electron chi connectivity index (χ4n) is 2.08. The van der Waals surface area contributed by atoms with E-state index in [0.717, 1.165) is 11.3 Å². The summed E-state index contributed by atoms with van der Waals surface area (Å²) in [6, 6.07) is 10.6. The largest absolute Gasteiger partial charge is 0.503 e. The van der Waals surface area contributed by atoms with Gasteiger partial charge >= 0.3 is 0 Å². The molecular weight excluding hydrogens is 388 g/mol. The first kappa shape index (κ1) is 18.8. The van der Waals surface area contributed by atoms with Gasteiger partial charge in [0.2, 0.25) is 5.91 Å². The van der Waals surface area contributed by atoms with Gasteiger partial charge in [0, 0.05) is 0 Å². The monoisotopic (exact) mass is 406 g/mol. The number of benzene rings is 2. The van der Waals surface area contributed by atoms with Crippen molar-refractivity contribution >= 4 is 28.1 Å². The van der Waals surface area contributed by atoms with Gasteiger partial charge in [-0.05, 0) is 58.2 Å². The Morgan fingerprint density at radius 1 is 1.32 bits per heavy atom. The number of amides is 1. The van der Waals surface area contributed by atoms with Crippen LogP contribution in [0.15, 0.2) is 46.0 Å². The second kappa shape index (κ2) is 9.08. The van der Waals surface area contributed by atoms with Gasteiger partial charge in [-0.15, -0.1) is 0 Å². The van der Waals surface area contributed by atoms with E-state index in [9.17, 15) is 9.90 Å². The smallest absolute Gasteiger partial charge is 0.244 e. The van der Waals surface area contributed by atoms with E-state index in [-0.39, 0.29) is 18.1 Å². The quantitative estimate of drug-likeness (QED) is 0.546. The lowest BCUT2D eigenvalue weighted by Crippen LogP contribution is -2.19. The molecule has 2 aromatic carbocycles. The lowest BCUT2D eigenvalue weighted by Gasteiger charge is -2.08. The topological polar surface area (TPSA) is 80.2 Å². The van der Waals surface area contributed by atoms with Gasteiger partial charge < -0.3 is 14.6 Å². The average molecular weight is 407 g/mol. The Balaban J connectivity index is 1.96. The van der Waals surface area contributed by atoms with Crippen LogP contribution in [-0.4, -0.2) is 30.9 Å². The highest BCUT2D eigenvalue weighted by Crippen LogP contribution is 2.35. The molecule has 0 aliphatic heterocycles. The van der Waals surface area contributed by atoms with Crippen LogP contribution in [0.2, 0.25) is 0 Å². The first-order valence-electron chi connectivity index (χ1n) is 7.63. The Labute approximate surface area is 154 Å². The first-order chi connectivity index (χ1) is 12.0. The van der Waals surface area contributed by atoms with Crippen LogP contribution in [0.1, 0.15) is 18.1 Å². The maximum Gasteiger partial charge on any atom is 0.244 e. The summed E-state index contributed by atoms with van der Waals surface area (Å²) in [5, 5.41) is 13.8. The minimum Gasteiger partial charge on any atom is -0.503 e. The number of phenolic OH excluding ortho intramolecular Hbond substituents is 1. The van der Waals surface area contributed by atoms with Gasteiger partial charge in [-0.3, -0.25) is 4.79 Å². The highest BCUT2D eigenvalue weighted by atomic mass is 79.9. The van der Waals surface area contributed by atoms with Crippen LogP contribution in [0, 0.1) is 0 Å². The van der Waals surface area contributed by atoms with E-state index in [1.165, 1.54) is 6.21 Å². The third kappa shape index (κ3) is 5.49. The van der Waals surface area contributed by atoms with Crippen molar-refractivity contribution < 1.29 is 19.4 Å². The normalized spacial score (nSPS) is 10.7. The molecule has 0 atom stereocenters. The summed E-state index contributed by atoms with van der Waals surface area (Å²) < 4.78 is 10.9. The Bertz CT molecular complexity index is 760. The summed E-state index contributed by atoms with van der Waals surface area (Å²) in [5.74, 6) is 0.889. The lowest BCUT2D eigenvalue weighted by molar-refractivity contribution is -0.120. The fourth-order valence-corrected chi connectivity index (χ4v) is 2.54. The van der Waals surface area contributed by atoms with Gasteiger partial charge in [-0.1, -0.05) is 12.1 Å². The summed E-state index contributed by atoms with van der Waals surface area (Å²) >= 11 is 3.25. The van der Waals surface area contributed by atoms with Crippen molar-refractivity contribution in [3.63, 3.8) is 0 Å². The van der Waals surface area contributed by atoms with E-state index in [2.05, 4.69) is 26.5 Å². The molecule has 0 fully saturated rings. The lowest BCUT2D eigenvalue weighted by atomic mass is 10.1. The molecule has 0 spiro atoms. The number of methoxy groups -OCH3 is 1. The summed E-state index contributed by atoms with van der Waals surface area (Å²) in [6.45, 7) is 2.26. The Morgan fingerprint density at radius 2 is 2.04 bits per heavy atom. The summed E-state index contributed by atoms with van der Waals surface area (Å²) in [5.41, 5.74) is 4.01. The summed E-state index contributed by atoms with van der Waals surface area (Å²) in [4.78, 5) is 11.9. The Morgan fingerprint density at radius 3 is 2.68 bits per heavy atom. The number of nitrogens with one attached hydrogen (secondary N) is 1. The number of carbonyl (C=O) groups excluding carboxylic acids is 1. The van der Waals surface area contributed by atoms with Gasteiger partial charge in [0.25, 0.3) is 0 Å². The zero-order valence-electron chi connectivity index (χ0n) is 14.0. The minimum atomic E-state index is -0.232. The van der Waals surface area contributed by atoms with Crippen molar-refractivity contribution in [2.45, 2.75) is 13.3 Å². The van der Waals surface area contributed by atoms with Crippen molar-refractivity contribution in [3.8, 4) is 17.2 Å². The van der Waals surface area contributed by atoms with Gasteiger partial charge in [0.15, 0.2) is 11.5 Å². The molecule has 0 aromatic heterocycles.